The van der Waals surface area contributed by atoms with E-state index in [0.717, 1.165) is 0 Å². The van der Waals surface area contributed by atoms with Gasteiger partial charge in [0.25, 0.3) is 0 Å². The van der Waals surface area contributed by atoms with Gasteiger partial charge in [-0.05, 0) is 48.4 Å². The summed E-state index contributed by atoms with van der Waals surface area (Å²) in [6.07, 6.45) is 0.536. The van der Waals surface area contributed by atoms with Crippen molar-refractivity contribution < 1.29 is 26.4 Å². The smallest absolute Gasteiger partial charge is 0.240 e. The van der Waals surface area contributed by atoms with Crippen LogP contribution in [0.5, 0.6) is 0 Å². The number of carbonyl (C=O) groups excluding carboxylic acids is 1. The number of halogens is 1. The average Bonchev–Trinajstić information content (AvgIpc) is 2.67. The summed E-state index contributed by atoms with van der Waals surface area (Å²) in [4.78, 5) is 12.1. The van der Waals surface area contributed by atoms with Crippen LogP contribution in [-0.2, 0) is 35.1 Å². The molecule has 0 aliphatic carbocycles. The van der Waals surface area contributed by atoms with Gasteiger partial charge in [-0.3, -0.25) is 4.79 Å². The molecule has 0 heterocycles. The molecular formula is C19H23ClN2O6S2. The maximum absolute atomic E-state index is 12.2. The van der Waals surface area contributed by atoms with Crippen LogP contribution in [0.3, 0.4) is 0 Å². The Labute approximate surface area is 181 Å². The fourth-order valence-electron chi connectivity index (χ4n) is 2.51. The standard InChI is InChI=1S/C19H23ClN2O6S2/c1-28-12-2-11-21-30(26,27)18-9-7-17(8-10-18)22-19(23)14-29(24,25)13-15-3-5-16(20)6-4-15/h3-10,21H,2,11-14H2,1H3,(H,22,23). The molecule has 164 valence electrons. The molecule has 0 aliphatic heterocycles. The second-order valence-corrected chi connectivity index (χ2v) is 10.7. The summed E-state index contributed by atoms with van der Waals surface area (Å²) < 4.78 is 56.1. The summed E-state index contributed by atoms with van der Waals surface area (Å²) in [5.41, 5.74) is 0.819. The molecule has 2 N–H and O–H groups in total. The van der Waals surface area contributed by atoms with Gasteiger partial charge in [-0.15, -0.1) is 0 Å². The van der Waals surface area contributed by atoms with Gasteiger partial charge >= 0.3 is 0 Å². The summed E-state index contributed by atoms with van der Waals surface area (Å²) in [6, 6.07) is 11.8. The first-order valence-electron chi connectivity index (χ1n) is 8.95. The summed E-state index contributed by atoms with van der Waals surface area (Å²) in [5, 5.41) is 2.95. The predicted octanol–water partition coefficient (Wildman–Crippen LogP) is 2.21. The lowest BCUT2D eigenvalue weighted by Crippen LogP contribution is -2.26. The van der Waals surface area contributed by atoms with Crippen molar-refractivity contribution in [1.29, 1.82) is 0 Å². The molecule has 11 heteroatoms. The van der Waals surface area contributed by atoms with Crippen LogP contribution in [0.15, 0.2) is 53.4 Å². The minimum atomic E-state index is -3.68. The molecule has 30 heavy (non-hydrogen) atoms. The highest BCUT2D eigenvalue weighted by atomic mass is 35.5. The number of sulfone groups is 1. The number of ether oxygens (including phenoxy) is 1. The van der Waals surface area contributed by atoms with Crippen LogP contribution in [0.4, 0.5) is 5.69 Å². The Balaban J connectivity index is 1.92. The Morgan fingerprint density at radius 2 is 1.63 bits per heavy atom. The highest BCUT2D eigenvalue weighted by Gasteiger charge is 2.18. The number of rotatable bonds is 11. The van der Waals surface area contributed by atoms with E-state index in [0.29, 0.717) is 29.3 Å². The summed E-state index contributed by atoms with van der Waals surface area (Å²) in [5.74, 6) is -1.70. The molecule has 8 nitrogen and oxygen atoms in total. The minimum Gasteiger partial charge on any atom is -0.385 e. The number of carbonyl (C=O) groups is 1. The highest BCUT2D eigenvalue weighted by Crippen LogP contribution is 2.15. The zero-order valence-corrected chi connectivity index (χ0v) is 18.7. The SMILES string of the molecule is COCCCNS(=O)(=O)c1ccc(NC(=O)CS(=O)(=O)Cc2ccc(Cl)cc2)cc1. The molecule has 0 spiro atoms. The van der Waals surface area contributed by atoms with Gasteiger partial charge < -0.3 is 10.1 Å². The Morgan fingerprint density at radius 3 is 2.23 bits per heavy atom. The number of sulfonamides is 1. The quantitative estimate of drug-likeness (QED) is 0.482. The van der Waals surface area contributed by atoms with Gasteiger partial charge in [0.2, 0.25) is 15.9 Å². The van der Waals surface area contributed by atoms with Crippen molar-refractivity contribution in [3.63, 3.8) is 0 Å². The Morgan fingerprint density at radius 1 is 1.00 bits per heavy atom. The summed E-state index contributed by atoms with van der Waals surface area (Å²) in [7, 11) is -5.83. The van der Waals surface area contributed by atoms with Gasteiger partial charge in [-0.25, -0.2) is 21.6 Å². The number of methoxy groups -OCH3 is 1. The second kappa shape index (κ2) is 10.9. The van der Waals surface area contributed by atoms with Crippen molar-refractivity contribution in [3.8, 4) is 0 Å². The lowest BCUT2D eigenvalue weighted by molar-refractivity contribution is -0.113. The average molecular weight is 475 g/mol. The first-order valence-corrected chi connectivity index (χ1v) is 12.6. The predicted molar refractivity (Wildman–Crippen MR) is 116 cm³/mol. The second-order valence-electron chi connectivity index (χ2n) is 6.48. The van der Waals surface area contributed by atoms with E-state index < -0.39 is 31.5 Å². The molecule has 1 amide bonds. The molecule has 0 aromatic heterocycles. The van der Waals surface area contributed by atoms with Crippen LogP contribution in [-0.4, -0.2) is 48.8 Å². The molecule has 0 unspecified atom stereocenters. The fraction of sp³-hybridized carbons (Fsp3) is 0.316. The Bertz CT molecular complexity index is 1050. The zero-order valence-electron chi connectivity index (χ0n) is 16.3. The Hall–Kier alpha value is -1.98. The summed E-state index contributed by atoms with van der Waals surface area (Å²) in [6.45, 7) is 0.675. The number of amides is 1. The molecule has 0 fully saturated rings. The third kappa shape index (κ3) is 8.04. The molecule has 2 aromatic rings. The highest BCUT2D eigenvalue weighted by molar-refractivity contribution is 7.91. The molecule has 0 bridgehead atoms. The van der Waals surface area contributed by atoms with Crippen molar-refractivity contribution in [3.05, 3.63) is 59.1 Å². The van der Waals surface area contributed by atoms with Crippen LogP contribution in [0.1, 0.15) is 12.0 Å². The van der Waals surface area contributed by atoms with E-state index in [1.54, 1.807) is 24.3 Å². The van der Waals surface area contributed by atoms with Crippen molar-refractivity contribution >= 4 is 43.1 Å². The van der Waals surface area contributed by atoms with Gasteiger partial charge in [0.15, 0.2) is 9.84 Å². The molecule has 2 aromatic carbocycles. The van der Waals surface area contributed by atoms with Crippen molar-refractivity contribution in [2.45, 2.75) is 17.1 Å². The normalized spacial score (nSPS) is 11.9. The Kier molecular flexibility index (Phi) is 8.80. The number of benzene rings is 2. The molecule has 0 saturated carbocycles. The molecule has 0 radical (unpaired) electrons. The molecular weight excluding hydrogens is 452 g/mol. The zero-order chi connectivity index (χ0) is 22.2. The van der Waals surface area contributed by atoms with E-state index in [-0.39, 0.29) is 17.2 Å². The van der Waals surface area contributed by atoms with Gasteiger partial charge in [-0.2, -0.15) is 0 Å². The van der Waals surface area contributed by atoms with E-state index in [1.807, 2.05) is 0 Å². The number of nitrogens with one attached hydrogen (secondary N) is 2. The van der Waals surface area contributed by atoms with Gasteiger partial charge in [0.05, 0.1) is 10.6 Å². The number of anilines is 1. The van der Waals surface area contributed by atoms with Crippen LogP contribution >= 0.6 is 11.6 Å². The first-order chi connectivity index (χ1) is 14.1. The lowest BCUT2D eigenvalue weighted by Gasteiger charge is -2.09. The van der Waals surface area contributed by atoms with E-state index >= 15 is 0 Å². The third-order valence-electron chi connectivity index (χ3n) is 3.92. The van der Waals surface area contributed by atoms with Crippen LogP contribution in [0, 0.1) is 0 Å². The summed E-state index contributed by atoms with van der Waals surface area (Å²) >= 11 is 5.77. The van der Waals surface area contributed by atoms with Crippen LogP contribution in [0.25, 0.3) is 0 Å². The largest absolute Gasteiger partial charge is 0.385 e. The van der Waals surface area contributed by atoms with Gasteiger partial charge in [-0.1, -0.05) is 23.7 Å². The number of hydrogen-bond acceptors (Lipinski definition) is 6. The minimum absolute atomic E-state index is 0.0354. The van der Waals surface area contributed by atoms with Crippen molar-refractivity contribution in [2.24, 2.45) is 0 Å². The third-order valence-corrected chi connectivity index (χ3v) is 7.12. The van der Waals surface area contributed by atoms with E-state index in [4.69, 9.17) is 16.3 Å². The van der Waals surface area contributed by atoms with Crippen LogP contribution in [0.2, 0.25) is 5.02 Å². The lowest BCUT2D eigenvalue weighted by atomic mass is 10.2. The molecule has 2 rings (SSSR count). The van der Waals surface area contributed by atoms with Crippen LogP contribution < -0.4 is 10.0 Å². The molecule has 0 atom stereocenters. The first kappa shape index (κ1) is 24.3. The van der Waals surface area contributed by atoms with Gasteiger partial charge in [0, 0.05) is 31.0 Å². The van der Waals surface area contributed by atoms with E-state index in [1.165, 1.54) is 31.4 Å². The monoisotopic (exact) mass is 474 g/mol. The maximum atomic E-state index is 12.2. The maximum Gasteiger partial charge on any atom is 0.240 e. The van der Waals surface area contributed by atoms with E-state index in [9.17, 15) is 21.6 Å². The topological polar surface area (TPSA) is 119 Å². The van der Waals surface area contributed by atoms with Crippen molar-refractivity contribution in [2.75, 3.05) is 31.3 Å². The fourth-order valence-corrected chi connectivity index (χ4v) is 4.98. The number of hydrogen-bond donors (Lipinski definition) is 2. The molecule has 0 aliphatic rings. The molecule has 0 saturated heterocycles. The van der Waals surface area contributed by atoms with Gasteiger partial charge in [0.1, 0.15) is 5.75 Å². The van der Waals surface area contributed by atoms with E-state index in [2.05, 4.69) is 10.0 Å². The van der Waals surface area contributed by atoms with Crippen molar-refractivity contribution in [1.82, 2.24) is 4.72 Å².